The van der Waals surface area contributed by atoms with Gasteiger partial charge in [0.05, 0.1) is 5.92 Å². The number of hydrogen-bond acceptors (Lipinski definition) is 2. The van der Waals surface area contributed by atoms with E-state index >= 15 is 0 Å². The second kappa shape index (κ2) is 8.92. The van der Waals surface area contributed by atoms with Gasteiger partial charge in [0.25, 0.3) is 0 Å². The summed E-state index contributed by atoms with van der Waals surface area (Å²) < 4.78 is 18.2. The maximum atomic E-state index is 12.8. The highest BCUT2D eigenvalue weighted by molar-refractivity contribution is 5.75. The molecule has 1 saturated carbocycles. The number of carbonyl (C=O) groups excluding carboxylic acids is 1. The minimum Gasteiger partial charge on any atom is -0.426 e. The number of benzene rings is 1. The molecule has 0 aliphatic heterocycles. The lowest BCUT2D eigenvalue weighted by Gasteiger charge is -2.27. The molecule has 0 amide bonds. The van der Waals surface area contributed by atoms with Crippen LogP contribution in [-0.4, -0.2) is 5.97 Å². The maximum absolute atomic E-state index is 12.8. The van der Waals surface area contributed by atoms with Crippen LogP contribution in [0.25, 0.3) is 0 Å². The van der Waals surface area contributed by atoms with Crippen molar-refractivity contribution in [2.75, 3.05) is 0 Å². The standard InChI is InChI=1S/C19H27FO2/c1-2-3-4-5-6-15-7-9-16(10-8-15)19(21)22-18-13-11-17(20)12-14-18/h11-16H,2-10H2,1H3. The molecule has 0 saturated heterocycles. The summed E-state index contributed by atoms with van der Waals surface area (Å²) in [6.07, 6.45) is 10.7. The normalized spacial score (nSPS) is 21.5. The zero-order valence-corrected chi connectivity index (χ0v) is 13.5. The van der Waals surface area contributed by atoms with Crippen LogP contribution in [0.3, 0.4) is 0 Å². The van der Waals surface area contributed by atoms with E-state index in [4.69, 9.17) is 4.74 Å². The van der Waals surface area contributed by atoms with Crippen molar-refractivity contribution >= 4 is 5.97 Å². The van der Waals surface area contributed by atoms with Crippen LogP contribution >= 0.6 is 0 Å². The van der Waals surface area contributed by atoms with Gasteiger partial charge in [-0.05, 0) is 55.9 Å². The average molecular weight is 306 g/mol. The van der Waals surface area contributed by atoms with Crippen molar-refractivity contribution in [3.63, 3.8) is 0 Å². The third-order valence-corrected chi connectivity index (χ3v) is 4.68. The Bertz CT molecular complexity index is 447. The number of rotatable bonds is 7. The monoisotopic (exact) mass is 306 g/mol. The molecule has 2 nitrogen and oxygen atoms in total. The van der Waals surface area contributed by atoms with Gasteiger partial charge in [-0.25, -0.2) is 4.39 Å². The molecule has 0 spiro atoms. The zero-order chi connectivity index (χ0) is 15.8. The third kappa shape index (κ3) is 5.43. The molecule has 1 aromatic rings. The molecule has 2 rings (SSSR count). The van der Waals surface area contributed by atoms with Gasteiger partial charge in [-0.15, -0.1) is 0 Å². The van der Waals surface area contributed by atoms with Gasteiger partial charge < -0.3 is 4.74 Å². The third-order valence-electron chi connectivity index (χ3n) is 4.68. The Morgan fingerprint density at radius 3 is 2.41 bits per heavy atom. The van der Waals surface area contributed by atoms with Crippen LogP contribution in [0.5, 0.6) is 5.75 Å². The van der Waals surface area contributed by atoms with E-state index in [0.29, 0.717) is 5.75 Å². The lowest BCUT2D eigenvalue weighted by Crippen LogP contribution is -2.25. The molecule has 0 unspecified atom stereocenters. The molecular formula is C19H27FO2. The van der Waals surface area contributed by atoms with Crippen LogP contribution in [0.2, 0.25) is 0 Å². The van der Waals surface area contributed by atoms with Crippen LogP contribution in [-0.2, 0) is 4.79 Å². The van der Waals surface area contributed by atoms with E-state index in [1.165, 1.54) is 56.4 Å². The Morgan fingerprint density at radius 1 is 1.09 bits per heavy atom. The van der Waals surface area contributed by atoms with Gasteiger partial charge in [-0.1, -0.05) is 39.0 Å². The summed E-state index contributed by atoms with van der Waals surface area (Å²) in [5.41, 5.74) is 0. The molecule has 1 aliphatic rings. The minimum absolute atomic E-state index is 0.0111. The van der Waals surface area contributed by atoms with E-state index in [1.54, 1.807) is 0 Å². The van der Waals surface area contributed by atoms with Crippen molar-refractivity contribution in [2.24, 2.45) is 11.8 Å². The van der Waals surface area contributed by atoms with Crippen molar-refractivity contribution in [1.82, 2.24) is 0 Å². The fourth-order valence-electron chi connectivity index (χ4n) is 3.25. The smallest absolute Gasteiger partial charge is 0.314 e. The Hall–Kier alpha value is -1.38. The number of esters is 1. The fourth-order valence-corrected chi connectivity index (χ4v) is 3.25. The Labute approximate surface area is 133 Å². The first-order valence-corrected chi connectivity index (χ1v) is 8.66. The van der Waals surface area contributed by atoms with Gasteiger partial charge >= 0.3 is 5.97 Å². The second-order valence-electron chi connectivity index (χ2n) is 6.44. The average Bonchev–Trinajstić information content (AvgIpc) is 2.54. The molecule has 0 atom stereocenters. The molecule has 0 heterocycles. The second-order valence-corrected chi connectivity index (χ2v) is 6.44. The molecule has 122 valence electrons. The summed E-state index contributed by atoms with van der Waals surface area (Å²) in [6, 6.07) is 5.64. The predicted octanol–water partition coefficient (Wildman–Crippen LogP) is 5.51. The van der Waals surface area contributed by atoms with Gasteiger partial charge in [0.1, 0.15) is 11.6 Å². The Morgan fingerprint density at radius 2 is 1.77 bits per heavy atom. The minimum atomic E-state index is -0.316. The number of hydrogen-bond donors (Lipinski definition) is 0. The molecule has 0 N–H and O–H groups in total. The summed E-state index contributed by atoms with van der Waals surface area (Å²) in [6.45, 7) is 2.23. The van der Waals surface area contributed by atoms with E-state index < -0.39 is 0 Å². The molecule has 1 aliphatic carbocycles. The molecular weight excluding hydrogens is 279 g/mol. The Balaban J connectivity index is 1.69. The van der Waals surface area contributed by atoms with E-state index in [-0.39, 0.29) is 17.7 Å². The summed E-state index contributed by atoms with van der Waals surface area (Å²) in [5.74, 6) is 0.760. The summed E-state index contributed by atoms with van der Waals surface area (Å²) >= 11 is 0. The SMILES string of the molecule is CCCCCCC1CCC(C(=O)Oc2ccc(F)cc2)CC1. The van der Waals surface area contributed by atoms with Gasteiger partial charge in [0.15, 0.2) is 0 Å². The molecule has 0 radical (unpaired) electrons. The lowest BCUT2D eigenvalue weighted by molar-refractivity contribution is -0.140. The maximum Gasteiger partial charge on any atom is 0.314 e. The van der Waals surface area contributed by atoms with Crippen LogP contribution in [0, 0.1) is 17.7 Å². The molecule has 1 aromatic carbocycles. The highest BCUT2D eigenvalue weighted by Gasteiger charge is 2.27. The highest BCUT2D eigenvalue weighted by atomic mass is 19.1. The molecule has 3 heteroatoms. The van der Waals surface area contributed by atoms with Crippen LogP contribution in [0.15, 0.2) is 24.3 Å². The molecule has 1 fully saturated rings. The highest BCUT2D eigenvalue weighted by Crippen LogP contribution is 2.33. The Kier molecular flexibility index (Phi) is 6.88. The summed E-state index contributed by atoms with van der Waals surface area (Å²) in [5, 5.41) is 0. The quantitative estimate of drug-likeness (QED) is 0.377. The first kappa shape index (κ1) is 17.0. The van der Waals surface area contributed by atoms with E-state index in [9.17, 15) is 9.18 Å². The predicted molar refractivity (Wildman–Crippen MR) is 86.2 cm³/mol. The van der Waals surface area contributed by atoms with Crippen molar-refractivity contribution in [3.05, 3.63) is 30.1 Å². The molecule has 22 heavy (non-hydrogen) atoms. The van der Waals surface area contributed by atoms with Crippen molar-refractivity contribution < 1.29 is 13.9 Å². The fraction of sp³-hybridized carbons (Fsp3) is 0.632. The molecule has 0 aromatic heterocycles. The van der Waals surface area contributed by atoms with E-state index in [1.807, 2.05) is 0 Å². The first-order valence-electron chi connectivity index (χ1n) is 8.66. The van der Waals surface area contributed by atoms with Crippen molar-refractivity contribution in [3.8, 4) is 5.75 Å². The van der Waals surface area contributed by atoms with Gasteiger partial charge in [0, 0.05) is 0 Å². The van der Waals surface area contributed by atoms with Gasteiger partial charge in [-0.2, -0.15) is 0 Å². The molecule has 0 bridgehead atoms. The largest absolute Gasteiger partial charge is 0.426 e. The van der Waals surface area contributed by atoms with Crippen LogP contribution in [0.4, 0.5) is 4.39 Å². The van der Waals surface area contributed by atoms with E-state index in [2.05, 4.69) is 6.92 Å². The number of carbonyl (C=O) groups is 1. The van der Waals surface area contributed by atoms with E-state index in [0.717, 1.165) is 31.6 Å². The van der Waals surface area contributed by atoms with Gasteiger partial charge in [-0.3, -0.25) is 4.79 Å². The van der Waals surface area contributed by atoms with Crippen LogP contribution < -0.4 is 4.74 Å². The van der Waals surface area contributed by atoms with Crippen molar-refractivity contribution in [1.29, 1.82) is 0 Å². The lowest BCUT2D eigenvalue weighted by atomic mass is 9.80. The summed E-state index contributed by atoms with van der Waals surface area (Å²) in [7, 11) is 0. The zero-order valence-electron chi connectivity index (χ0n) is 13.5. The van der Waals surface area contributed by atoms with Gasteiger partial charge in [0.2, 0.25) is 0 Å². The summed E-state index contributed by atoms with van der Waals surface area (Å²) in [4.78, 5) is 12.1. The number of ether oxygens (including phenoxy) is 1. The number of halogens is 1. The number of unbranched alkanes of at least 4 members (excludes halogenated alkanes) is 3. The first-order chi connectivity index (χ1) is 10.7. The van der Waals surface area contributed by atoms with Crippen LogP contribution in [0.1, 0.15) is 64.7 Å². The topological polar surface area (TPSA) is 26.3 Å². The van der Waals surface area contributed by atoms with Crippen molar-refractivity contribution in [2.45, 2.75) is 64.7 Å².